The summed E-state index contributed by atoms with van der Waals surface area (Å²) < 4.78 is 0. The molecule has 2 aromatic carbocycles. The number of hydrogen-bond donors (Lipinski definition) is 1. The van der Waals surface area contributed by atoms with E-state index in [0.717, 1.165) is 47.6 Å². The summed E-state index contributed by atoms with van der Waals surface area (Å²) in [4.78, 5) is 28.7. The predicted octanol–water partition coefficient (Wildman–Crippen LogP) is 4.64. The molecule has 0 saturated carbocycles. The van der Waals surface area contributed by atoms with E-state index in [1.165, 1.54) is 0 Å². The minimum Gasteiger partial charge on any atom is -0.324 e. The van der Waals surface area contributed by atoms with Crippen molar-refractivity contribution >= 4 is 29.1 Å². The minimum absolute atomic E-state index is 0.00445. The highest BCUT2D eigenvalue weighted by Crippen LogP contribution is 2.26. The topological polar surface area (TPSA) is 49.4 Å². The zero-order chi connectivity index (χ0) is 20.1. The fourth-order valence-corrected chi connectivity index (χ4v) is 4.21. The maximum atomic E-state index is 12.7. The SMILES string of the molecule is CSc1ccccc1NC(=O)C(C)N1CCC(C(=O)c2ccc(C)cc2)CC1. The first-order chi connectivity index (χ1) is 13.5. The molecule has 0 aromatic heterocycles. The first-order valence-electron chi connectivity index (χ1n) is 9.78. The van der Waals surface area contributed by atoms with Crippen molar-refractivity contribution in [2.45, 2.75) is 37.6 Å². The molecule has 4 nitrogen and oxygen atoms in total. The normalized spacial score (nSPS) is 16.5. The van der Waals surface area contributed by atoms with Crippen LogP contribution >= 0.6 is 11.8 Å². The fraction of sp³-hybridized carbons (Fsp3) is 0.391. The Morgan fingerprint density at radius 3 is 2.36 bits per heavy atom. The number of likely N-dealkylation sites (tertiary alicyclic amines) is 1. The van der Waals surface area contributed by atoms with Gasteiger partial charge >= 0.3 is 0 Å². The minimum atomic E-state index is -0.217. The van der Waals surface area contributed by atoms with E-state index in [1.54, 1.807) is 11.8 Å². The predicted molar refractivity (Wildman–Crippen MR) is 116 cm³/mol. The van der Waals surface area contributed by atoms with E-state index in [0.29, 0.717) is 0 Å². The monoisotopic (exact) mass is 396 g/mol. The number of aryl methyl sites for hydroxylation is 1. The van der Waals surface area contributed by atoms with Crippen LogP contribution in [0.3, 0.4) is 0 Å². The van der Waals surface area contributed by atoms with Gasteiger partial charge in [0.1, 0.15) is 0 Å². The van der Waals surface area contributed by atoms with Crippen molar-refractivity contribution in [1.29, 1.82) is 0 Å². The van der Waals surface area contributed by atoms with Gasteiger partial charge in [0.05, 0.1) is 11.7 Å². The van der Waals surface area contributed by atoms with E-state index in [9.17, 15) is 9.59 Å². The molecule has 1 unspecified atom stereocenters. The number of para-hydroxylation sites is 1. The van der Waals surface area contributed by atoms with Crippen molar-refractivity contribution < 1.29 is 9.59 Å². The molecule has 5 heteroatoms. The number of rotatable bonds is 6. The summed E-state index contributed by atoms with van der Waals surface area (Å²) in [5.74, 6) is 0.280. The first kappa shape index (κ1) is 20.6. The average molecular weight is 397 g/mol. The molecule has 1 amide bonds. The molecule has 28 heavy (non-hydrogen) atoms. The van der Waals surface area contributed by atoms with E-state index in [4.69, 9.17) is 0 Å². The molecular formula is C23H28N2O2S. The van der Waals surface area contributed by atoms with Gasteiger partial charge in [-0.3, -0.25) is 14.5 Å². The second-order valence-electron chi connectivity index (χ2n) is 7.41. The summed E-state index contributed by atoms with van der Waals surface area (Å²) in [5, 5.41) is 3.06. The van der Waals surface area contributed by atoms with Crippen molar-refractivity contribution in [3.63, 3.8) is 0 Å². The smallest absolute Gasteiger partial charge is 0.241 e. The molecule has 1 fully saturated rings. The summed E-state index contributed by atoms with van der Waals surface area (Å²) in [6, 6.07) is 15.4. The van der Waals surface area contributed by atoms with Gasteiger partial charge in [-0.25, -0.2) is 0 Å². The quantitative estimate of drug-likeness (QED) is 0.571. The lowest BCUT2D eigenvalue weighted by Gasteiger charge is -2.34. The van der Waals surface area contributed by atoms with Crippen LogP contribution in [-0.4, -0.2) is 42.0 Å². The number of carbonyl (C=O) groups is 2. The summed E-state index contributed by atoms with van der Waals surface area (Å²) in [6.07, 6.45) is 3.60. The number of nitrogens with one attached hydrogen (secondary N) is 1. The van der Waals surface area contributed by atoms with E-state index in [2.05, 4.69) is 10.2 Å². The number of ketones is 1. The van der Waals surface area contributed by atoms with Crippen LogP contribution in [0.25, 0.3) is 0 Å². The van der Waals surface area contributed by atoms with Crippen LogP contribution in [0.2, 0.25) is 0 Å². The van der Waals surface area contributed by atoms with Gasteiger partial charge in [0.25, 0.3) is 0 Å². The summed E-state index contributed by atoms with van der Waals surface area (Å²) >= 11 is 1.62. The maximum Gasteiger partial charge on any atom is 0.241 e. The van der Waals surface area contributed by atoms with Gasteiger partial charge in [-0.2, -0.15) is 0 Å². The Kier molecular flexibility index (Phi) is 6.92. The second-order valence-corrected chi connectivity index (χ2v) is 8.25. The van der Waals surface area contributed by atoms with Crippen molar-refractivity contribution in [3.8, 4) is 0 Å². The van der Waals surface area contributed by atoms with Gasteiger partial charge < -0.3 is 5.32 Å². The Morgan fingerprint density at radius 1 is 1.07 bits per heavy atom. The van der Waals surface area contributed by atoms with Gasteiger partial charge in [0.2, 0.25) is 5.91 Å². The number of benzene rings is 2. The van der Waals surface area contributed by atoms with Crippen LogP contribution in [0.15, 0.2) is 53.4 Å². The van der Waals surface area contributed by atoms with Crippen LogP contribution < -0.4 is 5.32 Å². The van der Waals surface area contributed by atoms with Crippen LogP contribution in [-0.2, 0) is 4.79 Å². The number of Topliss-reactive ketones (excluding diaryl/α,β-unsaturated/α-hetero) is 1. The number of piperidine rings is 1. The zero-order valence-electron chi connectivity index (χ0n) is 16.8. The van der Waals surface area contributed by atoms with E-state index < -0.39 is 0 Å². The molecule has 0 aliphatic carbocycles. The van der Waals surface area contributed by atoms with Crippen LogP contribution in [0.4, 0.5) is 5.69 Å². The van der Waals surface area contributed by atoms with E-state index in [-0.39, 0.29) is 23.7 Å². The molecule has 1 N–H and O–H groups in total. The molecule has 0 spiro atoms. The lowest BCUT2D eigenvalue weighted by atomic mass is 9.88. The Balaban J connectivity index is 1.55. The Bertz CT molecular complexity index is 827. The number of thioether (sulfide) groups is 1. The highest BCUT2D eigenvalue weighted by atomic mass is 32.2. The maximum absolute atomic E-state index is 12.7. The van der Waals surface area contributed by atoms with Crippen LogP contribution in [0, 0.1) is 12.8 Å². The van der Waals surface area contributed by atoms with Crippen LogP contribution in [0.5, 0.6) is 0 Å². The molecule has 1 aliphatic heterocycles. The molecule has 1 atom stereocenters. The first-order valence-corrected chi connectivity index (χ1v) is 11.0. The highest BCUT2D eigenvalue weighted by Gasteiger charge is 2.30. The average Bonchev–Trinajstić information content (AvgIpc) is 2.73. The van der Waals surface area contributed by atoms with Crippen molar-refractivity contribution in [2.24, 2.45) is 5.92 Å². The van der Waals surface area contributed by atoms with Crippen molar-refractivity contribution in [3.05, 3.63) is 59.7 Å². The third kappa shape index (κ3) is 4.83. The molecule has 3 rings (SSSR count). The van der Waals surface area contributed by atoms with Gasteiger partial charge in [-0.1, -0.05) is 42.0 Å². The molecule has 0 bridgehead atoms. The second kappa shape index (κ2) is 9.39. The lowest BCUT2D eigenvalue weighted by molar-refractivity contribution is -0.121. The third-order valence-corrected chi connectivity index (χ3v) is 6.32. The number of hydrogen-bond acceptors (Lipinski definition) is 4. The summed E-state index contributed by atoms with van der Waals surface area (Å²) in [7, 11) is 0. The van der Waals surface area contributed by atoms with Crippen molar-refractivity contribution in [2.75, 3.05) is 24.7 Å². The van der Waals surface area contributed by atoms with E-state index in [1.807, 2.05) is 68.6 Å². The molecular weight excluding hydrogens is 368 g/mol. The highest BCUT2D eigenvalue weighted by molar-refractivity contribution is 7.98. The van der Waals surface area contributed by atoms with Gasteiger partial charge in [-0.15, -0.1) is 11.8 Å². The Morgan fingerprint density at radius 2 is 1.71 bits per heavy atom. The Hall–Kier alpha value is -2.11. The molecule has 2 aromatic rings. The molecule has 148 valence electrons. The summed E-state index contributed by atoms with van der Waals surface area (Å²) in [6.45, 7) is 5.50. The van der Waals surface area contributed by atoms with Crippen molar-refractivity contribution in [1.82, 2.24) is 4.90 Å². The van der Waals surface area contributed by atoms with Gasteiger partial charge in [0, 0.05) is 16.4 Å². The molecule has 1 aliphatic rings. The Labute approximate surface area is 171 Å². The van der Waals surface area contributed by atoms with Gasteiger partial charge in [-0.05, 0) is 58.2 Å². The fourth-order valence-electron chi connectivity index (χ4n) is 3.65. The van der Waals surface area contributed by atoms with Crippen LogP contribution in [0.1, 0.15) is 35.7 Å². The largest absolute Gasteiger partial charge is 0.324 e. The molecule has 0 radical (unpaired) electrons. The third-order valence-electron chi connectivity index (χ3n) is 5.53. The van der Waals surface area contributed by atoms with E-state index >= 15 is 0 Å². The number of amides is 1. The van der Waals surface area contributed by atoms with Gasteiger partial charge in [0.15, 0.2) is 5.78 Å². The summed E-state index contributed by atoms with van der Waals surface area (Å²) in [5.41, 5.74) is 2.81. The molecule has 1 saturated heterocycles. The number of anilines is 1. The number of carbonyl (C=O) groups excluding carboxylic acids is 2. The zero-order valence-corrected chi connectivity index (χ0v) is 17.6. The lowest BCUT2D eigenvalue weighted by Crippen LogP contribution is -2.47. The molecule has 1 heterocycles. The number of nitrogens with zero attached hydrogens (tertiary/aromatic N) is 1. The standard InChI is InChI=1S/C23H28N2O2S/c1-16-8-10-18(11-9-16)22(26)19-12-14-25(15-13-19)17(2)23(27)24-20-6-4-5-7-21(20)28-3/h4-11,17,19H,12-15H2,1-3H3,(H,24,27).